The Morgan fingerprint density at radius 2 is 1.67 bits per heavy atom. The lowest BCUT2D eigenvalue weighted by atomic mass is 9.80. The highest BCUT2D eigenvalue weighted by Gasteiger charge is 2.49. The first-order chi connectivity index (χ1) is 16.2. The minimum Gasteiger partial charge on any atom is -0.461 e. The molecule has 5 nitrogen and oxygen atoms in total. The maximum absolute atomic E-state index is 12.3. The smallest absolute Gasteiger partial charge is 0.293 e. The van der Waals surface area contributed by atoms with Gasteiger partial charge in [-0.1, -0.05) is 54.6 Å². The Kier molecular flexibility index (Phi) is 6.25. The van der Waals surface area contributed by atoms with Crippen LogP contribution in [-0.4, -0.2) is 47.2 Å². The lowest BCUT2D eigenvalue weighted by molar-refractivity contribution is -0.148. The van der Waals surface area contributed by atoms with Crippen molar-refractivity contribution in [3.63, 3.8) is 0 Å². The highest BCUT2D eigenvalue weighted by atomic mass is 16.5. The van der Waals surface area contributed by atoms with Gasteiger partial charge in [-0.05, 0) is 78.6 Å². The molecule has 1 aromatic heterocycles. The van der Waals surface area contributed by atoms with E-state index in [2.05, 4.69) is 16.0 Å². The summed E-state index contributed by atoms with van der Waals surface area (Å²) in [7, 11) is 0. The molecule has 0 saturated carbocycles. The maximum Gasteiger partial charge on any atom is 0.293 e. The molecule has 170 valence electrons. The van der Waals surface area contributed by atoms with E-state index < -0.39 is 11.7 Å². The summed E-state index contributed by atoms with van der Waals surface area (Å²) in [6.45, 7) is 3.59. The summed E-state index contributed by atoms with van der Waals surface area (Å²) in [5.41, 5.74) is 3.38. The molecule has 2 atom stereocenters. The van der Waals surface area contributed by atoms with E-state index in [0.29, 0.717) is 12.9 Å². The van der Waals surface area contributed by atoms with Crippen LogP contribution in [0.25, 0.3) is 11.1 Å². The number of aliphatic hydroxyl groups is 1. The van der Waals surface area contributed by atoms with Crippen molar-refractivity contribution in [2.24, 2.45) is 5.92 Å². The van der Waals surface area contributed by atoms with Gasteiger partial charge in [-0.3, -0.25) is 9.78 Å². The standard InChI is InChI=1S/C28H30N2O3/c31-20-33-27(17-22(19-30-14-5-6-15-30)16-21-8-7-13-29-18-21)28(32)25-11-3-1-9-23(25)24-10-2-4-12-26(24)28/h1-4,7-13,18,20,22,27,32H,5-6,14-17,19H2/t22-,27?/m1/s1. The zero-order valence-electron chi connectivity index (χ0n) is 18.8. The molecule has 1 aliphatic heterocycles. The molecular formula is C28H30N2O3. The lowest BCUT2D eigenvalue weighted by Crippen LogP contribution is -2.43. The van der Waals surface area contributed by atoms with Gasteiger partial charge in [-0.15, -0.1) is 0 Å². The van der Waals surface area contributed by atoms with Crippen LogP contribution in [0.3, 0.4) is 0 Å². The summed E-state index contributed by atoms with van der Waals surface area (Å²) in [4.78, 5) is 18.4. The molecular weight excluding hydrogens is 412 g/mol. The molecule has 5 rings (SSSR count). The number of ether oxygens (including phenoxy) is 1. The number of hydrogen-bond acceptors (Lipinski definition) is 5. The van der Waals surface area contributed by atoms with Gasteiger partial charge in [0.1, 0.15) is 6.10 Å². The number of carbonyl (C=O) groups excluding carboxylic acids is 1. The van der Waals surface area contributed by atoms with Crippen LogP contribution in [0.1, 0.15) is 36.0 Å². The lowest BCUT2D eigenvalue weighted by Gasteiger charge is -2.36. The summed E-state index contributed by atoms with van der Waals surface area (Å²) in [5.74, 6) is 0.209. The predicted octanol–water partition coefficient (Wildman–Crippen LogP) is 4.18. The molecule has 0 amide bonds. The molecule has 2 aliphatic rings. The number of rotatable bonds is 9. The van der Waals surface area contributed by atoms with Crippen molar-refractivity contribution in [2.45, 2.75) is 37.4 Å². The number of fused-ring (bicyclic) bond motifs is 3. The van der Waals surface area contributed by atoms with E-state index in [4.69, 9.17) is 4.74 Å². The summed E-state index contributed by atoms with van der Waals surface area (Å²) in [6.07, 6.45) is 6.82. The first kappa shape index (κ1) is 21.8. The van der Waals surface area contributed by atoms with Gasteiger partial charge in [0.05, 0.1) is 0 Å². The molecule has 1 N–H and O–H groups in total. The molecule has 1 unspecified atom stereocenters. The average molecular weight is 443 g/mol. The van der Waals surface area contributed by atoms with Crippen molar-refractivity contribution in [2.75, 3.05) is 19.6 Å². The Bertz CT molecular complexity index is 1050. The summed E-state index contributed by atoms with van der Waals surface area (Å²) in [6, 6.07) is 19.8. The van der Waals surface area contributed by atoms with Gasteiger partial charge in [0.25, 0.3) is 6.47 Å². The fourth-order valence-electron chi connectivity index (χ4n) is 5.69. The van der Waals surface area contributed by atoms with Crippen LogP contribution in [0.5, 0.6) is 0 Å². The molecule has 0 bridgehead atoms. The number of carbonyl (C=O) groups is 1. The largest absolute Gasteiger partial charge is 0.461 e. The number of likely N-dealkylation sites (tertiary alicyclic amines) is 1. The second-order valence-electron chi connectivity index (χ2n) is 9.25. The molecule has 33 heavy (non-hydrogen) atoms. The van der Waals surface area contributed by atoms with Gasteiger partial charge in [0.2, 0.25) is 0 Å². The summed E-state index contributed by atoms with van der Waals surface area (Å²) < 4.78 is 5.71. The minimum absolute atomic E-state index is 0.209. The number of aromatic nitrogens is 1. The highest BCUT2D eigenvalue weighted by molar-refractivity contribution is 5.80. The van der Waals surface area contributed by atoms with E-state index in [9.17, 15) is 9.90 Å². The first-order valence-corrected chi connectivity index (χ1v) is 11.8. The van der Waals surface area contributed by atoms with Gasteiger partial charge in [0, 0.05) is 18.9 Å². The van der Waals surface area contributed by atoms with Gasteiger partial charge >= 0.3 is 0 Å². The van der Waals surface area contributed by atoms with Crippen molar-refractivity contribution in [1.82, 2.24) is 9.88 Å². The molecule has 1 saturated heterocycles. The quantitative estimate of drug-likeness (QED) is 0.504. The predicted molar refractivity (Wildman–Crippen MR) is 128 cm³/mol. The van der Waals surface area contributed by atoms with Crippen LogP contribution < -0.4 is 0 Å². The second-order valence-corrected chi connectivity index (χ2v) is 9.25. The minimum atomic E-state index is -1.38. The molecule has 1 fully saturated rings. The Hall–Kier alpha value is -3.02. The SMILES string of the molecule is O=COC(C[C@@H](Cc1cccnc1)CN1CCCC1)C1(O)c2ccccc2-c2ccccc21. The van der Waals surface area contributed by atoms with Gasteiger partial charge in [0.15, 0.2) is 5.60 Å². The number of benzene rings is 2. The van der Waals surface area contributed by atoms with Crippen LogP contribution in [0, 0.1) is 5.92 Å². The fraction of sp³-hybridized carbons (Fsp3) is 0.357. The molecule has 5 heteroatoms. The normalized spacial score (nSPS) is 18.3. The van der Waals surface area contributed by atoms with E-state index >= 15 is 0 Å². The topological polar surface area (TPSA) is 62.7 Å². The Labute approximate surface area is 195 Å². The highest BCUT2D eigenvalue weighted by Crippen LogP contribution is 2.50. The van der Waals surface area contributed by atoms with E-state index in [1.54, 1.807) is 6.20 Å². The second kappa shape index (κ2) is 9.46. The van der Waals surface area contributed by atoms with Crippen LogP contribution in [0.15, 0.2) is 73.1 Å². The van der Waals surface area contributed by atoms with Crippen molar-refractivity contribution in [1.29, 1.82) is 0 Å². The number of nitrogens with zero attached hydrogens (tertiary/aromatic N) is 2. The van der Waals surface area contributed by atoms with Crippen LogP contribution in [-0.2, 0) is 21.6 Å². The number of pyridine rings is 1. The molecule has 1 aliphatic carbocycles. The zero-order valence-corrected chi connectivity index (χ0v) is 18.8. The van der Waals surface area contributed by atoms with Gasteiger partial charge in [-0.25, -0.2) is 0 Å². The summed E-state index contributed by atoms with van der Waals surface area (Å²) in [5, 5.41) is 12.3. The third-order valence-corrected chi connectivity index (χ3v) is 7.16. The van der Waals surface area contributed by atoms with E-state index in [0.717, 1.165) is 53.9 Å². The molecule has 3 aromatic rings. The molecule has 0 spiro atoms. The van der Waals surface area contributed by atoms with E-state index in [-0.39, 0.29) is 5.92 Å². The zero-order chi connectivity index (χ0) is 22.7. The summed E-state index contributed by atoms with van der Waals surface area (Å²) >= 11 is 0. The van der Waals surface area contributed by atoms with E-state index in [1.807, 2.05) is 60.8 Å². The maximum atomic E-state index is 12.3. The van der Waals surface area contributed by atoms with Crippen molar-refractivity contribution in [3.05, 3.63) is 89.7 Å². The average Bonchev–Trinajstić information content (AvgIpc) is 3.45. The van der Waals surface area contributed by atoms with Gasteiger partial charge in [-0.2, -0.15) is 0 Å². The Balaban J connectivity index is 1.50. The van der Waals surface area contributed by atoms with Crippen LogP contribution >= 0.6 is 0 Å². The number of hydrogen-bond donors (Lipinski definition) is 1. The van der Waals surface area contributed by atoms with Gasteiger partial charge < -0.3 is 14.7 Å². The van der Waals surface area contributed by atoms with Crippen molar-refractivity contribution in [3.8, 4) is 11.1 Å². The third kappa shape index (κ3) is 4.19. The monoisotopic (exact) mass is 442 g/mol. The van der Waals surface area contributed by atoms with Crippen molar-refractivity contribution < 1.29 is 14.6 Å². The molecule has 2 aromatic carbocycles. The Morgan fingerprint density at radius 3 is 2.27 bits per heavy atom. The van der Waals surface area contributed by atoms with Crippen molar-refractivity contribution >= 4 is 6.47 Å². The van der Waals surface area contributed by atoms with Crippen LogP contribution in [0.2, 0.25) is 0 Å². The third-order valence-electron chi connectivity index (χ3n) is 7.16. The first-order valence-electron chi connectivity index (χ1n) is 11.8. The fourth-order valence-corrected chi connectivity index (χ4v) is 5.69. The van der Waals surface area contributed by atoms with Crippen LogP contribution in [0.4, 0.5) is 0 Å². The molecule has 0 radical (unpaired) electrons. The van der Waals surface area contributed by atoms with E-state index in [1.165, 1.54) is 12.8 Å². The Morgan fingerprint density at radius 1 is 1.00 bits per heavy atom. The molecule has 2 heterocycles.